The van der Waals surface area contributed by atoms with Gasteiger partial charge in [0.05, 0.1) is 11.6 Å². The van der Waals surface area contributed by atoms with Crippen molar-refractivity contribution in [2.75, 3.05) is 20.1 Å². The third kappa shape index (κ3) is 3.31. The van der Waals surface area contributed by atoms with Crippen molar-refractivity contribution >= 4 is 0 Å². The van der Waals surface area contributed by atoms with Crippen LogP contribution in [0, 0.1) is 17.1 Å². The minimum atomic E-state index is -0.280. The van der Waals surface area contributed by atoms with Crippen LogP contribution in [0.1, 0.15) is 11.1 Å². The molecule has 1 rings (SSSR count). The summed E-state index contributed by atoms with van der Waals surface area (Å²) in [5.74, 6) is -0.280. The average Bonchev–Trinajstić information content (AvgIpc) is 2.21. The van der Waals surface area contributed by atoms with Crippen LogP contribution < -0.4 is 5.73 Å². The van der Waals surface area contributed by atoms with Crippen LogP contribution in [0.15, 0.2) is 18.2 Å². The predicted octanol–water partition coefficient (Wildman–Crippen LogP) is 1.09. The Hall–Kier alpha value is -1.44. The molecule has 0 fully saturated rings. The summed E-state index contributed by atoms with van der Waals surface area (Å²) < 4.78 is 13.3. The highest BCUT2D eigenvalue weighted by atomic mass is 19.1. The summed E-state index contributed by atoms with van der Waals surface area (Å²) in [6, 6.07) is 6.36. The van der Waals surface area contributed by atoms with Crippen molar-refractivity contribution in [3.63, 3.8) is 0 Å². The average molecular weight is 207 g/mol. The van der Waals surface area contributed by atoms with Crippen molar-refractivity contribution in [2.45, 2.75) is 6.54 Å². The van der Waals surface area contributed by atoms with E-state index in [1.807, 2.05) is 18.0 Å². The van der Waals surface area contributed by atoms with Crippen molar-refractivity contribution in [3.8, 4) is 6.07 Å². The van der Waals surface area contributed by atoms with Crippen LogP contribution in [0.5, 0.6) is 0 Å². The monoisotopic (exact) mass is 207 g/mol. The molecule has 0 radical (unpaired) electrons. The van der Waals surface area contributed by atoms with Gasteiger partial charge >= 0.3 is 0 Å². The number of nitriles is 1. The first-order valence-corrected chi connectivity index (χ1v) is 4.74. The summed E-state index contributed by atoms with van der Waals surface area (Å²) in [6.07, 6.45) is 0. The van der Waals surface area contributed by atoms with Crippen LogP contribution in [-0.2, 0) is 6.54 Å². The van der Waals surface area contributed by atoms with Gasteiger partial charge in [0, 0.05) is 25.2 Å². The Morgan fingerprint density at radius 2 is 2.27 bits per heavy atom. The van der Waals surface area contributed by atoms with Crippen molar-refractivity contribution in [1.82, 2.24) is 4.90 Å². The Bertz CT molecular complexity index is 371. The molecule has 0 spiro atoms. The van der Waals surface area contributed by atoms with E-state index in [4.69, 9.17) is 11.0 Å². The number of nitrogens with two attached hydrogens (primary N) is 1. The molecule has 15 heavy (non-hydrogen) atoms. The first-order valence-electron chi connectivity index (χ1n) is 4.74. The number of hydrogen-bond donors (Lipinski definition) is 1. The van der Waals surface area contributed by atoms with Crippen LogP contribution in [0.3, 0.4) is 0 Å². The number of halogens is 1. The third-order valence-electron chi connectivity index (χ3n) is 2.13. The van der Waals surface area contributed by atoms with Gasteiger partial charge in [0.15, 0.2) is 0 Å². The standard InChI is InChI=1S/C11H14FN3/c1-15(5-4-13)8-10-6-9(7-14)2-3-11(10)12/h2-3,6H,4-5,8,13H2,1H3. The van der Waals surface area contributed by atoms with E-state index in [9.17, 15) is 4.39 Å². The van der Waals surface area contributed by atoms with Gasteiger partial charge in [-0.3, -0.25) is 0 Å². The van der Waals surface area contributed by atoms with Crippen molar-refractivity contribution < 1.29 is 4.39 Å². The lowest BCUT2D eigenvalue weighted by atomic mass is 10.1. The Labute approximate surface area is 88.9 Å². The van der Waals surface area contributed by atoms with Gasteiger partial charge < -0.3 is 10.6 Å². The van der Waals surface area contributed by atoms with Gasteiger partial charge in [-0.1, -0.05) is 0 Å². The van der Waals surface area contributed by atoms with Gasteiger partial charge in [-0.2, -0.15) is 5.26 Å². The molecule has 0 saturated carbocycles. The summed E-state index contributed by atoms with van der Waals surface area (Å²) in [6.45, 7) is 1.71. The molecule has 80 valence electrons. The maximum Gasteiger partial charge on any atom is 0.127 e. The molecule has 0 atom stereocenters. The topological polar surface area (TPSA) is 53.0 Å². The molecule has 0 aliphatic heterocycles. The van der Waals surface area contributed by atoms with E-state index in [2.05, 4.69) is 0 Å². The Kier molecular flexibility index (Phi) is 4.22. The maximum absolute atomic E-state index is 13.3. The molecule has 0 saturated heterocycles. The van der Waals surface area contributed by atoms with Gasteiger partial charge in [-0.25, -0.2) is 4.39 Å². The largest absolute Gasteiger partial charge is 0.329 e. The molecule has 0 aliphatic rings. The molecule has 0 aliphatic carbocycles. The fourth-order valence-electron chi connectivity index (χ4n) is 1.36. The SMILES string of the molecule is CN(CCN)Cc1cc(C#N)ccc1F. The molecule has 0 aromatic heterocycles. The van der Waals surface area contributed by atoms with Crippen LogP contribution in [0.4, 0.5) is 4.39 Å². The summed E-state index contributed by atoms with van der Waals surface area (Å²) in [4.78, 5) is 1.92. The van der Waals surface area contributed by atoms with Crippen LogP contribution in [0.2, 0.25) is 0 Å². The molecule has 4 heteroatoms. The third-order valence-corrected chi connectivity index (χ3v) is 2.13. The van der Waals surface area contributed by atoms with E-state index < -0.39 is 0 Å². The van der Waals surface area contributed by atoms with Crippen molar-refractivity contribution in [3.05, 3.63) is 35.1 Å². The van der Waals surface area contributed by atoms with Crippen LogP contribution in [0.25, 0.3) is 0 Å². The van der Waals surface area contributed by atoms with Crippen LogP contribution >= 0.6 is 0 Å². The van der Waals surface area contributed by atoms with E-state index in [1.54, 1.807) is 6.07 Å². The number of nitrogens with zero attached hydrogens (tertiary/aromatic N) is 2. The zero-order valence-corrected chi connectivity index (χ0v) is 8.70. The smallest absolute Gasteiger partial charge is 0.127 e. The normalized spacial score (nSPS) is 10.3. The molecule has 1 aromatic rings. The Morgan fingerprint density at radius 3 is 2.87 bits per heavy atom. The number of rotatable bonds is 4. The summed E-state index contributed by atoms with van der Waals surface area (Å²) in [5.41, 5.74) is 6.40. The zero-order valence-electron chi connectivity index (χ0n) is 8.70. The molecular weight excluding hydrogens is 193 g/mol. The van der Waals surface area contributed by atoms with E-state index in [-0.39, 0.29) is 5.82 Å². The second kappa shape index (κ2) is 5.44. The molecule has 2 N–H and O–H groups in total. The van der Waals surface area contributed by atoms with E-state index >= 15 is 0 Å². The zero-order chi connectivity index (χ0) is 11.3. The van der Waals surface area contributed by atoms with E-state index in [1.165, 1.54) is 12.1 Å². The van der Waals surface area contributed by atoms with Crippen molar-refractivity contribution in [1.29, 1.82) is 5.26 Å². The highest BCUT2D eigenvalue weighted by Crippen LogP contribution is 2.11. The first kappa shape index (κ1) is 11.6. The van der Waals surface area contributed by atoms with Gasteiger partial charge in [-0.15, -0.1) is 0 Å². The molecule has 0 heterocycles. The molecule has 3 nitrogen and oxygen atoms in total. The highest BCUT2D eigenvalue weighted by Gasteiger charge is 2.06. The number of hydrogen-bond acceptors (Lipinski definition) is 3. The van der Waals surface area contributed by atoms with Gasteiger partial charge in [0.25, 0.3) is 0 Å². The lowest BCUT2D eigenvalue weighted by Crippen LogP contribution is -2.25. The quantitative estimate of drug-likeness (QED) is 0.804. The molecule has 0 bridgehead atoms. The fraction of sp³-hybridized carbons (Fsp3) is 0.364. The molecule has 1 aromatic carbocycles. The van der Waals surface area contributed by atoms with Gasteiger partial charge in [0.1, 0.15) is 5.82 Å². The summed E-state index contributed by atoms with van der Waals surface area (Å²) in [7, 11) is 1.87. The van der Waals surface area contributed by atoms with Gasteiger partial charge in [0.2, 0.25) is 0 Å². The fourth-order valence-corrected chi connectivity index (χ4v) is 1.36. The summed E-state index contributed by atoms with van der Waals surface area (Å²) >= 11 is 0. The van der Waals surface area contributed by atoms with Gasteiger partial charge in [-0.05, 0) is 25.2 Å². The summed E-state index contributed by atoms with van der Waals surface area (Å²) in [5, 5.41) is 8.68. The second-order valence-corrected chi connectivity index (χ2v) is 3.44. The molecular formula is C11H14FN3. The van der Waals surface area contributed by atoms with Crippen LogP contribution in [-0.4, -0.2) is 25.0 Å². The Morgan fingerprint density at radius 1 is 1.53 bits per heavy atom. The number of benzene rings is 1. The Balaban J connectivity index is 2.80. The second-order valence-electron chi connectivity index (χ2n) is 3.44. The molecule has 0 unspecified atom stereocenters. The lowest BCUT2D eigenvalue weighted by Gasteiger charge is -2.15. The van der Waals surface area contributed by atoms with E-state index in [0.29, 0.717) is 30.8 Å². The lowest BCUT2D eigenvalue weighted by molar-refractivity contribution is 0.330. The molecule has 0 amide bonds. The highest BCUT2D eigenvalue weighted by molar-refractivity contribution is 5.33. The minimum absolute atomic E-state index is 0.280. The van der Waals surface area contributed by atoms with Crippen molar-refractivity contribution in [2.24, 2.45) is 5.73 Å². The number of likely N-dealkylation sites (N-methyl/N-ethyl adjacent to an activating group) is 1. The maximum atomic E-state index is 13.3. The van der Waals surface area contributed by atoms with E-state index in [0.717, 1.165) is 0 Å². The predicted molar refractivity (Wildman–Crippen MR) is 56.5 cm³/mol. The first-order chi connectivity index (χ1) is 7.17. The minimum Gasteiger partial charge on any atom is -0.329 e.